The SMILES string of the molecule is CCc1csc([C@@H]2CCCN(C(=O)CCc3ccco3)C2)n1. The smallest absolute Gasteiger partial charge is 0.223 e. The molecule has 0 N–H and O–H groups in total. The van der Waals surface area contributed by atoms with Crippen LogP contribution in [0, 0.1) is 0 Å². The lowest BCUT2D eigenvalue weighted by molar-refractivity contribution is -0.132. The zero-order valence-corrected chi connectivity index (χ0v) is 13.8. The molecule has 1 atom stereocenters. The second-order valence-electron chi connectivity index (χ2n) is 5.79. The lowest BCUT2D eigenvalue weighted by Gasteiger charge is -2.32. The van der Waals surface area contributed by atoms with Crippen LogP contribution in [0.4, 0.5) is 0 Å². The first kappa shape index (κ1) is 15.3. The molecule has 3 rings (SSSR count). The van der Waals surface area contributed by atoms with Gasteiger partial charge in [0.15, 0.2) is 0 Å². The van der Waals surface area contributed by atoms with Crippen LogP contribution in [0.5, 0.6) is 0 Å². The fraction of sp³-hybridized carbons (Fsp3) is 0.529. The quantitative estimate of drug-likeness (QED) is 0.845. The van der Waals surface area contributed by atoms with E-state index in [1.807, 2.05) is 17.0 Å². The first-order chi connectivity index (χ1) is 10.8. The third-order valence-electron chi connectivity index (χ3n) is 4.22. The predicted octanol–water partition coefficient (Wildman–Crippen LogP) is 3.64. The molecule has 2 aromatic heterocycles. The van der Waals surface area contributed by atoms with E-state index in [0.29, 0.717) is 18.8 Å². The van der Waals surface area contributed by atoms with Gasteiger partial charge in [-0.25, -0.2) is 4.98 Å². The molecule has 0 aliphatic carbocycles. The highest BCUT2D eigenvalue weighted by Gasteiger charge is 2.26. The van der Waals surface area contributed by atoms with Crippen LogP contribution in [0.1, 0.15) is 48.6 Å². The zero-order chi connectivity index (χ0) is 15.4. The molecule has 22 heavy (non-hydrogen) atoms. The van der Waals surface area contributed by atoms with Gasteiger partial charge in [-0.05, 0) is 31.4 Å². The van der Waals surface area contributed by atoms with Gasteiger partial charge in [0.05, 0.1) is 17.0 Å². The number of hydrogen-bond donors (Lipinski definition) is 0. The average Bonchev–Trinajstić information content (AvgIpc) is 3.24. The monoisotopic (exact) mass is 318 g/mol. The van der Waals surface area contributed by atoms with Crippen LogP contribution in [0.15, 0.2) is 28.2 Å². The van der Waals surface area contributed by atoms with Gasteiger partial charge in [0.25, 0.3) is 0 Å². The highest BCUT2D eigenvalue weighted by atomic mass is 32.1. The number of likely N-dealkylation sites (tertiary alicyclic amines) is 1. The number of nitrogens with zero attached hydrogens (tertiary/aromatic N) is 2. The Morgan fingerprint density at radius 1 is 1.55 bits per heavy atom. The topological polar surface area (TPSA) is 46.3 Å². The molecule has 1 amide bonds. The molecular weight excluding hydrogens is 296 g/mol. The number of carbonyl (C=O) groups excluding carboxylic acids is 1. The Balaban J connectivity index is 1.56. The van der Waals surface area contributed by atoms with Crippen molar-refractivity contribution in [3.8, 4) is 0 Å². The summed E-state index contributed by atoms with van der Waals surface area (Å²) in [5, 5.41) is 3.34. The van der Waals surface area contributed by atoms with Crippen molar-refractivity contribution in [3.05, 3.63) is 40.2 Å². The van der Waals surface area contributed by atoms with Gasteiger partial charge < -0.3 is 9.32 Å². The maximum Gasteiger partial charge on any atom is 0.223 e. The number of aryl methyl sites for hydroxylation is 2. The van der Waals surface area contributed by atoms with Gasteiger partial charge in [0.2, 0.25) is 5.91 Å². The Bertz CT molecular complexity index is 606. The molecule has 5 heteroatoms. The summed E-state index contributed by atoms with van der Waals surface area (Å²) in [7, 11) is 0. The fourth-order valence-corrected chi connectivity index (χ4v) is 3.95. The van der Waals surface area contributed by atoms with E-state index in [-0.39, 0.29) is 5.91 Å². The van der Waals surface area contributed by atoms with Gasteiger partial charge in [0, 0.05) is 37.2 Å². The molecule has 1 saturated heterocycles. The van der Waals surface area contributed by atoms with E-state index in [0.717, 1.165) is 38.1 Å². The number of carbonyl (C=O) groups is 1. The summed E-state index contributed by atoms with van der Waals surface area (Å²) in [6.07, 6.45) is 6.05. The molecule has 0 radical (unpaired) electrons. The largest absolute Gasteiger partial charge is 0.469 e. The minimum atomic E-state index is 0.230. The van der Waals surface area contributed by atoms with Crippen molar-refractivity contribution in [2.75, 3.05) is 13.1 Å². The lowest BCUT2D eigenvalue weighted by Crippen LogP contribution is -2.39. The number of piperidine rings is 1. The summed E-state index contributed by atoms with van der Waals surface area (Å²) in [6, 6.07) is 3.79. The van der Waals surface area contributed by atoms with Crippen LogP contribution < -0.4 is 0 Å². The number of aromatic nitrogens is 1. The second-order valence-corrected chi connectivity index (χ2v) is 6.68. The molecular formula is C17H22N2O2S. The highest BCUT2D eigenvalue weighted by Crippen LogP contribution is 2.29. The van der Waals surface area contributed by atoms with E-state index in [9.17, 15) is 4.79 Å². The molecule has 1 aliphatic heterocycles. The normalized spacial score (nSPS) is 18.6. The van der Waals surface area contributed by atoms with Crippen molar-refractivity contribution < 1.29 is 9.21 Å². The van der Waals surface area contributed by atoms with Crippen LogP contribution in [0.2, 0.25) is 0 Å². The summed E-state index contributed by atoms with van der Waals surface area (Å²) in [5.74, 6) is 1.52. The third-order valence-corrected chi connectivity index (χ3v) is 5.28. The molecule has 1 aliphatic rings. The van der Waals surface area contributed by atoms with E-state index in [2.05, 4.69) is 12.3 Å². The van der Waals surface area contributed by atoms with E-state index >= 15 is 0 Å². The zero-order valence-electron chi connectivity index (χ0n) is 13.0. The summed E-state index contributed by atoms with van der Waals surface area (Å²) in [5.41, 5.74) is 1.17. The number of furan rings is 1. The Labute approximate surface area is 135 Å². The van der Waals surface area contributed by atoms with Gasteiger partial charge in [-0.15, -0.1) is 11.3 Å². The Morgan fingerprint density at radius 3 is 3.18 bits per heavy atom. The Hall–Kier alpha value is -1.62. The number of hydrogen-bond acceptors (Lipinski definition) is 4. The van der Waals surface area contributed by atoms with Gasteiger partial charge in [0.1, 0.15) is 5.76 Å². The Morgan fingerprint density at radius 2 is 2.45 bits per heavy atom. The van der Waals surface area contributed by atoms with Crippen molar-refractivity contribution in [1.29, 1.82) is 0 Å². The molecule has 2 aromatic rings. The van der Waals surface area contributed by atoms with Gasteiger partial charge in [-0.2, -0.15) is 0 Å². The molecule has 118 valence electrons. The minimum Gasteiger partial charge on any atom is -0.469 e. The van der Waals surface area contributed by atoms with Crippen molar-refractivity contribution in [2.24, 2.45) is 0 Å². The maximum absolute atomic E-state index is 12.4. The van der Waals surface area contributed by atoms with Crippen LogP contribution in [0.25, 0.3) is 0 Å². The third kappa shape index (κ3) is 3.58. The number of amides is 1. The second kappa shape index (κ2) is 7.09. The fourth-order valence-electron chi connectivity index (χ4n) is 2.92. The standard InChI is InChI=1S/C17H22N2O2S/c1-2-14-12-22-17(18-14)13-5-3-9-19(11-13)16(20)8-7-15-6-4-10-21-15/h4,6,10,12-13H,2-3,5,7-9,11H2,1H3/t13-/m1/s1. The molecule has 0 saturated carbocycles. The lowest BCUT2D eigenvalue weighted by atomic mass is 9.98. The number of thiazole rings is 1. The molecule has 0 bridgehead atoms. The van der Waals surface area contributed by atoms with Gasteiger partial charge >= 0.3 is 0 Å². The molecule has 4 nitrogen and oxygen atoms in total. The van der Waals surface area contributed by atoms with Crippen LogP contribution >= 0.6 is 11.3 Å². The molecule has 0 spiro atoms. The van der Waals surface area contributed by atoms with E-state index in [1.54, 1.807) is 17.6 Å². The van der Waals surface area contributed by atoms with Crippen LogP contribution in [0.3, 0.4) is 0 Å². The molecule has 0 aromatic carbocycles. The van der Waals surface area contributed by atoms with Gasteiger partial charge in [-0.3, -0.25) is 4.79 Å². The average molecular weight is 318 g/mol. The van der Waals surface area contributed by atoms with Crippen molar-refractivity contribution in [3.63, 3.8) is 0 Å². The summed E-state index contributed by atoms with van der Waals surface area (Å²) < 4.78 is 5.30. The van der Waals surface area contributed by atoms with Crippen molar-refractivity contribution in [2.45, 2.75) is 44.9 Å². The summed E-state index contributed by atoms with van der Waals surface area (Å²) in [6.45, 7) is 3.82. The maximum atomic E-state index is 12.4. The van der Waals surface area contributed by atoms with E-state index in [1.165, 1.54) is 10.7 Å². The predicted molar refractivity (Wildman–Crippen MR) is 87.1 cm³/mol. The Kier molecular flexibility index (Phi) is 4.93. The van der Waals surface area contributed by atoms with Gasteiger partial charge in [-0.1, -0.05) is 6.92 Å². The number of rotatable bonds is 5. The van der Waals surface area contributed by atoms with Crippen LogP contribution in [-0.2, 0) is 17.6 Å². The minimum absolute atomic E-state index is 0.230. The first-order valence-corrected chi connectivity index (χ1v) is 8.88. The summed E-state index contributed by atoms with van der Waals surface area (Å²) >= 11 is 1.74. The van der Waals surface area contributed by atoms with Crippen molar-refractivity contribution >= 4 is 17.2 Å². The molecule has 0 unspecified atom stereocenters. The van der Waals surface area contributed by atoms with E-state index in [4.69, 9.17) is 9.40 Å². The molecule has 3 heterocycles. The van der Waals surface area contributed by atoms with E-state index < -0.39 is 0 Å². The summed E-state index contributed by atoms with van der Waals surface area (Å²) in [4.78, 5) is 19.1. The first-order valence-electron chi connectivity index (χ1n) is 8.00. The highest BCUT2D eigenvalue weighted by molar-refractivity contribution is 7.09. The van der Waals surface area contributed by atoms with Crippen LogP contribution in [-0.4, -0.2) is 28.9 Å². The van der Waals surface area contributed by atoms with Crippen molar-refractivity contribution in [1.82, 2.24) is 9.88 Å². The molecule has 1 fully saturated rings.